The smallest absolute Gasteiger partial charge is 0.132 e. The molecule has 1 aliphatic heterocycles. The molecule has 132 valence electrons. The standard InChI is InChI=1S/C19H26N6/c1-14-9-19(23-13-22-14)25(17-3-4-17)18-5-7-24(8-6-18)12-16-10-20-15(2)21-11-16/h9-11,13,17-18H,3-8,12H2,1-2H3. The van der Waals surface area contributed by atoms with Gasteiger partial charge in [0.15, 0.2) is 0 Å². The Bertz CT molecular complexity index is 704. The van der Waals surface area contributed by atoms with E-state index in [4.69, 9.17) is 0 Å². The molecule has 1 saturated heterocycles. The minimum Gasteiger partial charge on any atom is -0.350 e. The molecule has 0 atom stereocenters. The first-order chi connectivity index (χ1) is 12.2. The van der Waals surface area contributed by atoms with E-state index in [-0.39, 0.29) is 0 Å². The van der Waals surface area contributed by atoms with E-state index < -0.39 is 0 Å². The molecule has 0 unspecified atom stereocenters. The van der Waals surface area contributed by atoms with Gasteiger partial charge in [0.25, 0.3) is 0 Å². The normalized spacial score (nSPS) is 19.1. The Hall–Kier alpha value is -2.08. The summed E-state index contributed by atoms with van der Waals surface area (Å²) >= 11 is 0. The highest BCUT2D eigenvalue weighted by molar-refractivity contribution is 5.43. The number of piperidine rings is 1. The van der Waals surface area contributed by atoms with E-state index in [1.165, 1.54) is 31.2 Å². The maximum Gasteiger partial charge on any atom is 0.132 e. The van der Waals surface area contributed by atoms with Crippen molar-refractivity contribution in [1.29, 1.82) is 0 Å². The third-order valence-corrected chi connectivity index (χ3v) is 5.19. The van der Waals surface area contributed by atoms with Crippen LogP contribution in [0.4, 0.5) is 5.82 Å². The Kier molecular flexibility index (Phi) is 4.61. The molecule has 6 nitrogen and oxygen atoms in total. The molecule has 2 aromatic heterocycles. The first-order valence-electron chi connectivity index (χ1n) is 9.26. The van der Waals surface area contributed by atoms with Crippen LogP contribution in [0.2, 0.25) is 0 Å². The van der Waals surface area contributed by atoms with Gasteiger partial charge in [-0.15, -0.1) is 0 Å². The fourth-order valence-corrected chi connectivity index (χ4v) is 3.72. The Morgan fingerprint density at radius 3 is 2.28 bits per heavy atom. The van der Waals surface area contributed by atoms with Gasteiger partial charge >= 0.3 is 0 Å². The van der Waals surface area contributed by atoms with Crippen LogP contribution in [0.1, 0.15) is 42.8 Å². The Morgan fingerprint density at radius 2 is 1.64 bits per heavy atom. The Labute approximate surface area is 149 Å². The topological polar surface area (TPSA) is 58.0 Å². The van der Waals surface area contributed by atoms with Gasteiger partial charge in [0.2, 0.25) is 0 Å². The lowest BCUT2D eigenvalue weighted by Crippen LogP contribution is -2.46. The van der Waals surface area contributed by atoms with E-state index in [9.17, 15) is 0 Å². The van der Waals surface area contributed by atoms with Gasteiger partial charge in [0.1, 0.15) is 18.0 Å². The van der Waals surface area contributed by atoms with Crippen molar-refractivity contribution in [2.24, 2.45) is 0 Å². The highest BCUT2D eigenvalue weighted by Crippen LogP contribution is 2.35. The maximum atomic E-state index is 4.56. The second-order valence-corrected chi connectivity index (χ2v) is 7.30. The average Bonchev–Trinajstić information content (AvgIpc) is 3.44. The van der Waals surface area contributed by atoms with Crippen molar-refractivity contribution in [2.45, 2.75) is 58.2 Å². The lowest BCUT2D eigenvalue weighted by Gasteiger charge is -2.39. The van der Waals surface area contributed by atoms with Gasteiger partial charge in [-0.1, -0.05) is 0 Å². The van der Waals surface area contributed by atoms with E-state index in [1.54, 1.807) is 6.33 Å². The largest absolute Gasteiger partial charge is 0.350 e. The van der Waals surface area contributed by atoms with Gasteiger partial charge in [-0.3, -0.25) is 4.90 Å². The summed E-state index contributed by atoms with van der Waals surface area (Å²) in [5.41, 5.74) is 2.25. The highest BCUT2D eigenvalue weighted by atomic mass is 15.3. The number of rotatable bonds is 5. The van der Waals surface area contributed by atoms with Crippen molar-refractivity contribution < 1.29 is 0 Å². The molecular weight excluding hydrogens is 312 g/mol. The summed E-state index contributed by atoms with van der Waals surface area (Å²) in [6, 6.07) is 3.40. The van der Waals surface area contributed by atoms with Crippen LogP contribution in [0.25, 0.3) is 0 Å². The van der Waals surface area contributed by atoms with Gasteiger partial charge in [-0.05, 0) is 39.5 Å². The summed E-state index contributed by atoms with van der Waals surface area (Å²) in [6.07, 6.45) is 10.6. The minimum absolute atomic E-state index is 0.590. The minimum atomic E-state index is 0.590. The fourth-order valence-electron chi connectivity index (χ4n) is 3.72. The lowest BCUT2D eigenvalue weighted by atomic mass is 10.0. The summed E-state index contributed by atoms with van der Waals surface area (Å²) < 4.78 is 0. The van der Waals surface area contributed by atoms with Crippen molar-refractivity contribution in [2.75, 3.05) is 18.0 Å². The van der Waals surface area contributed by atoms with E-state index in [2.05, 4.69) is 35.8 Å². The summed E-state index contributed by atoms with van der Waals surface area (Å²) in [4.78, 5) is 22.5. The summed E-state index contributed by atoms with van der Waals surface area (Å²) in [5.74, 6) is 1.95. The zero-order valence-corrected chi connectivity index (χ0v) is 15.1. The zero-order chi connectivity index (χ0) is 17.2. The first kappa shape index (κ1) is 16.4. The van der Waals surface area contributed by atoms with Crippen LogP contribution in [-0.2, 0) is 6.54 Å². The van der Waals surface area contributed by atoms with Gasteiger partial charge in [0, 0.05) is 61.4 Å². The quantitative estimate of drug-likeness (QED) is 0.835. The third kappa shape index (κ3) is 3.95. The predicted molar refractivity (Wildman–Crippen MR) is 97.3 cm³/mol. The molecule has 6 heteroatoms. The molecule has 0 radical (unpaired) electrons. The predicted octanol–water partition coefficient (Wildman–Crippen LogP) is 2.52. The summed E-state index contributed by atoms with van der Waals surface area (Å²) in [6.45, 7) is 7.15. The molecule has 0 amide bonds. The Balaban J connectivity index is 1.39. The molecule has 0 bridgehead atoms. The number of aromatic nitrogens is 4. The van der Waals surface area contributed by atoms with Crippen LogP contribution < -0.4 is 4.90 Å². The second-order valence-electron chi connectivity index (χ2n) is 7.30. The van der Waals surface area contributed by atoms with E-state index in [0.29, 0.717) is 12.1 Å². The maximum absolute atomic E-state index is 4.56. The molecule has 4 rings (SSSR count). The first-order valence-corrected chi connectivity index (χ1v) is 9.26. The van der Waals surface area contributed by atoms with Crippen LogP contribution >= 0.6 is 0 Å². The monoisotopic (exact) mass is 338 g/mol. The molecule has 1 saturated carbocycles. The van der Waals surface area contributed by atoms with Crippen molar-refractivity contribution in [3.05, 3.63) is 41.9 Å². The number of aryl methyl sites for hydroxylation is 2. The van der Waals surface area contributed by atoms with Gasteiger partial charge in [-0.2, -0.15) is 0 Å². The van der Waals surface area contributed by atoms with Gasteiger partial charge < -0.3 is 4.90 Å². The van der Waals surface area contributed by atoms with Crippen molar-refractivity contribution in [3.63, 3.8) is 0 Å². The molecule has 2 fully saturated rings. The van der Waals surface area contributed by atoms with Crippen molar-refractivity contribution in [1.82, 2.24) is 24.8 Å². The number of likely N-dealkylation sites (tertiary alicyclic amines) is 1. The molecule has 3 heterocycles. The van der Waals surface area contributed by atoms with Crippen LogP contribution in [0, 0.1) is 13.8 Å². The SMILES string of the molecule is Cc1cc(N(C2CC2)C2CCN(Cc3cnc(C)nc3)CC2)ncn1. The zero-order valence-electron chi connectivity index (χ0n) is 15.1. The number of hydrogen-bond acceptors (Lipinski definition) is 6. The molecular formula is C19H26N6. The van der Waals surface area contributed by atoms with Crippen molar-refractivity contribution in [3.8, 4) is 0 Å². The van der Waals surface area contributed by atoms with Crippen molar-refractivity contribution >= 4 is 5.82 Å². The highest BCUT2D eigenvalue weighted by Gasteiger charge is 2.36. The van der Waals surface area contributed by atoms with Crippen LogP contribution in [0.5, 0.6) is 0 Å². The van der Waals surface area contributed by atoms with Gasteiger partial charge in [-0.25, -0.2) is 19.9 Å². The molecule has 2 aromatic rings. The molecule has 0 N–H and O–H groups in total. The van der Waals surface area contributed by atoms with E-state index >= 15 is 0 Å². The lowest BCUT2D eigenvalue weighted by molar-refractivity contribution is 0.200. The molecule has 0 spiro atoms. The molecule has 2 aliphatic rings. The fraction of sp³-hybridized carbons (Fsp3) is 0.579. The van der Waals surface area contributed by atoms with E-state index in [0.717, 1.165) is 37.0 Å². The molecule has 25 heavy (non-hydrogen) atoms. The van der Waals surface area contributed by atoms with Crippen LogP contribution in [-0.4, -0.2) is 50.0 Å². The van der Waals surface area contributed by atoms with Gasteiger partial charge in [0.05, 0.1) is 0 Å². The molecule has 0 aromatic carbocycles. The Morgan fingerprint density at radius 1 is 0.960 bits per heavy atom. The third-order valence-electron chi connectivity index (χ3n) is 5.19. The van der Waals surface area contributed by atoms with Crippen LogP contribution in [0.15, 0.2) is 24.8 Å². The number of nitrogens with zero attached hydrogens (tertiary/aromatic N) is 6. The average molecular weight is 338 g/mol. The molecule has 1 aliphatic carbocycles. The summed E-state index contributed by atoms with van der Waals surface area (Å²) in [5, 5.41) is 0. The van der Waals surface area contributed by atoms with E-state index in [1.807, 2.05) is 26.2 Å². The van der Waals surface area contributed by atoms with Crippen LogP contribution in [0.3, 0.4) is 0 Å². The second kappa shape index (κ2) is 7.04. The number of anilines is 1. The number of hydrogen-bond donors (Lipinski definition) is 0. The summed E-state index contributed by atoms with van der Waals surface area (Å²) in [7, 11) is 0.